The minimum Gasteiger partial charge on any atom is -0.502 e. The summed E-state index contributed by atoms with van der Waals surface area (Å²) in [6, 6.07) is 4.19. The van der Waals surface area contributed by atoms with Gasteiger partial charge in [-0.2, -0.15) is 0 Å². The molecular weight excluding hydrogens is 437 g/mol. The van der Waals surface area contributed by atoms with Gasteiger partial charge in [-0.05, 0) is 36.0 Å². The molecule has 2 amide bonds. The van der Waals surface area contributed by atoms with Crippen LogP contribution in [0.4, 0.5) is 4.39 Å². The number of nitrogens with zero attached hydrogens (tertiary/aromatic N) is 3. The van der Waals surface area contributed by atoms with Gasteiger partial charge in [0.2, 0.25) is 0 Å². The largest absolute Gasteiger partial charge is 0.502 e. The maximum absolute atomic E-state index is 13.5. The molecular formula is C23H25ClFN3O4. The first-order valence-electron chi connectivity index (χ1n) is 10.5. The van der Waals surface area contributed by atoms with E-state index in [1.54, 1.807) is 11.9 Å². The quantitative estimate of drug-likeness (QED) is 0.745. The molecule has 0 atom stereocenters. The van der Waals surface area contributed by atoms with Crippen molar-refractivity contribution in [2.45, 2.75) is 39.8 Å². The summed E-state index contributed by atoms with van der Waals surface area (Å²) in [4.78, 5) is 42.6. The van der Waals surface area contributed by atoms with Gasteiger partial charge >= 0.3 is 0 Å². The normalized spacial score (nSPS) is 18.2. The van der Waals surface area contributed by atoms with Crippen LogP contribution in [0.2, 0.25) is 5.02 Å². The first-order chi connectivity index (χ1) is 15.0. The first-order valence-corrected chi connectivity index (χ1v) is 10.9. The van der Waals surface area contributed by atoms with Crippen LogP contribution in [0.15, 0.2) is 23.0 Å². The minimum atomic E-state index is -0.740. The second-order valence-corrected chi connectivity index (χ2v) is 9.72. The fourth-order valence-corrected chi connectivity index (χ4v) is 4.61. The van der Waals surface area contributed by atoms with Gasteiger partial charge in [0.15, 0.2) is 5.75 Å². The second-order valence-electron chi connectivity index (χ2n) is 9.31. The van der Waals surface area contributed by atoms with E-state index < -0.39 is 23.0 Å². The lowest BCUT2D eigenvalue weighted by atomic mass is 9.86. The van der Waals surface area contributed by atoms with E-state index in [0.29, 0.717) is 30.5 Å². The molecule has 0 spiro atoms. The van der Waals surface area contributed by atoms with Gasteiger partial charge in [-0.1, -0.05) is 31.5 Å². The predicted octanol–water partition coefficient (Wildman–Crippen LogP) is 3.05. The summed E-state index contributed by atoms with van der Waals surface area (Å²) in [5.74, 6) is -2.06. The Balaban J connectivity index is 1.80. The van der Waals surface area contributed by atoms with Crippen LogP contribution in [0.5, 0.6) is 5.75 Å². The molecule has 0 bridgehead atoms. The molecule has 0 saturated heterocycles. The Bertz CT molecular complexity index is 1190. The van der Waals surface area contributed by atoms with Crippen LogP contribution in [0.3, 0.4) is 0 Å². The molecule has 1 N–H and O–H groups in total. The van der Waals surface area contributed by atoms with Crippen molar-refractivity contribution in [2.75, 3.05) is 20.1 Å². The molecule has 1 aromatic carbocycles. The number of benzene rings is 1. The number of fused-ring (bicyclic) bond motifs is 3. The number of halogens is 2. The number of amides is 2. The van der Waals surface area contributed by atoms with Gasteiger partial charge in [0.1, 0.15) is 11.5 Å². The smallest absolute Gasteiger partial charge is 0.294 e. The Morgan fingerprint density at radius 2 is 1.88 bits per heavy atom. The summed E-state index contributed by atoms with van der Waals surface area (Å²) in [5, 5.41) is 10.7. The van der Waals surface area contributed by atoms with Crippen LogP contribution < -0.4 is 5.56 Å². The fraction of sp³-hybridized carbons (Fsp3) is 0.435. The first kappa shape index (κ1) is 22.3. The highest BCUT2D eigenvalue weighted by Gasteiger charge is 2.38. The maximum Gasteiger partial charge on any atom is 0.294 e. The zero-order valence-electron chi connectivity index (χ0n) is 18.2. The number of aromatic hydroxyl groups is 1. The molecule has 170 valence electrons. The molecule has 1 aromatic heterocycles. The monoisotopic (exact) mass is 461 g/mol. The molecule has 0 saturated carbocycles. The van der Waals surface area contributed by atoms with Crippen molar-refractivity contribution in [1.82, 2.24) is 14.4 Å². The van der Waals surface area contributed by atoms with Crippen LogP contribution >= 0.6 is 11.6 Å². The molecule has 2 aliphatic rings. The number of hydrogen-bond acceptors (Lipinski definition) is 4. The summed E-state index contributed by atoms with van der Waals surface area (Å²) in [6.45, 7) is 5.23. The van der Waals surface area contributed by atoms with E-state index >= 15 is 0 Å². The number of hydrogen-bond donors (Lipinski definition) is 1. The summed E-state index contributed by atoms with van der Waals surface area (Å²) in [5.41, 5.74) is 0.0522. The Kier molecular flexibility index (Phi) is 5.53. The fourth-order valence-electron chi connectivity index (χ4n) is 4.41. The van der Waals surface area contributed by atoms with Crippen molar-refractivity contribution in [2.24, 2.45) is 5.41 Å². The van der Waals surface area contributed by atoms with Crippen LogP contribution in [-0.2, 0) is 19.5 Å². The Hall–Kier alpha value is -2.87. The van der Waals surface area contributed by atoms with E-state index in [0.717, 1.165) is 0 Å². The predicted molar refractivity (Wildman–Crippen MR) is 118 cm³/mol. The van der Waals surface area contributed by atoms with Crippen molar-refractivity contribution >= 4 is 23.4 Å². The van der Waals surface area contributed by atoms with Crippen molar-refractivity contribution in [3.05, 3.63) is 61.8 Å². The topological polar surface area (TPSA) is 82.8 Å². The Morgan fingerprint density at radius 1 is 1.16 bits per heavy atom. The summed E-state index contributed by atoms with van der Waals surface area (Å²) in [7, 11) is 1.67. The lowest BCUT2D eigenvalue weighted by Gasteiger charge is -2.36. The zero-order valence-corrected chi connectivity index (χ0v) is 19.0. The summed E-state index contributed by atoms with van der Waals surface area (Å²) >= 11 is 5.85. The lowest BCUT2D eigenvalue weighted by Crippen LogP contribution is -2.46. The lowest BCUT2D eigenvalue weighted by molar-refractivity contribution is 0.0706. The number of rotatable bonds is 2. The minimum absolute atomic E-state index is 0.0499. The van der Waals surface area contributed by atoms with E-state index in [9.17, 15) is 23.9 Å². The molecule has 0 radical (unpaired) electrons. The highest BCUT2D eigenvalue weighted by Crippen LogP contribution is 2.33. The van der Waals surface area contributed by atoms with Gasteiger partial charge < -0.3 is 14.9 Å². The zero-order chi connectivity index (χ0) is 23.4. The number of carbonyl (C=O) groups excluding carboxylic acids is 2. The van der Waals surface area contributed by atoms with E-state index in [1.807, 2.05) is 13.8 Å². The molecule has 2 aromatic rings. The van der Waals surface area contributed by atoms with Gasteiger partial charge in [0.05, 0.1) is 10.6 Å². The van der Waals surface area contributed by atoms with Crippen LogP contribution in [-0.4, -0.2) is 51.4 Å². The molecule has 0 aliphatic carbocycles. The van der Waals surface area contributed by atoms with Gasteiger partial charge in [-0.25, -0.2) is 4.39 Å². The van der Waals surface area contributed by atoms with Crippen molar-refractivity contribution in [3.8, 4) is 5.75 Å². The molecule has 7 nitrogen and oxygen atoms in total. The highest BCUT2D eigenvalue weighted by atomic mass is 35.5. The Labute approximate surface area is 190 Å². The van der Waals surface area contributed by atoms with E-state index in [-0.39, 0.29) is 47.2 Å². The number of carbonyl (C=O) groups is 2. The molecule has 2 aliphatic heterocycles. The molecule has 3 heterocycles. The van der Waals surface area contributed by atoms with Gasteiger partial charge in [-0.15, -0.1) is 0 Å². The standard InChI is InChI=1S/C23H25ClFN3O4/c1-23(2)7-9-26(3)21(31)18-14-6-8-27(11-13-4-5-16(25)15(24)10-13)20(30)17(14)19(29)22(32)28(18)12-23/h4-5,10,29H,6-9,11-12H2,1-3H3. The SMILES string of the molecule is CN1CCC(C)(C)Cn2c(c3c(c(O)c2=O)C(=O)N(Cc2ccc(F)c(Cl)c2)CC3)C1=O. The third kappa shape index (κ3) is 3.77. The van der Waals surface area contributed by atoms with Crippen LogP contribution in [0.25, 0.3) is 0 Å². The van der Waals surface area contributed by atoms with Gasteiger partial charge in [0, 0.05) is 38.8 Å². The summed E-state index contributed by atoms with van der Waals surface area (Å²) < 4.78 is 14.8. The van der Waals surface area contributed by atoms with E-state index in [4.69, 9.17) is 11.6 Å². The molecule has 0 unspecified atom stereocenters. The maximum atomic E-state index is 13.5. The average Bonchev–Trinajstić information content (AvgIpc) is 2.73. The molecule has 9 heteroatoms. The van der Waals surface area contributed by atoms with E-state index in [1.165, 1.54) is 27.7 Å². The van der Waals surface area contributed by atoms with Crippen LogP contribution in [0, 0.1) is 11.2 Å². The third-order valence-electron chi connectivity index (χ3n) is 6.29. The van der Waals surface area contributed by atoms with Crippen LogP contribution in [0.1, 0.15) is 52.2 Å². The highest BCUT2D eigenvalue weighted by molar-refractivity contribution is 6.30. The van der Waals surface area contributed by atoms with Crippen molar-refractivity contribution in [1.29, 1.82) is 0 Å². The van der Waals surface area contributed by atoms with Crippen molar-refractivity contribution < 1.29 is 19.1 Å². The Morgan fingerprint density at radius 3 is 2.56 bits per heavy atom. The van der Waals surface area contributed by atoms with E-state index in [2.05, 4.69) is 0 Å². The number of aromatic nitrogens is 1. The number of pyridine rings is 1. The molecule has 32 heavy (non-hydrogen) atoms. The third-order valence-corrected chi connectivity index (χ3v) is 6.58. The van der Waals surface area contributed by atoms with Gasteiger partial charge in [-0.3, -0.25) is 19.0 Å². The second kappa shape index (κ2) is 7.92. The molecule has 4 rings (SSSR count). The van der Waals surface area contributed by atoms with Crippen molar-refractivity contribution in [3.63, 3.8) is 0 Å². The average molecular weight is 462 g/mol. The van der Waals surface area contributed by atoms with Gasteiger partial charge in [0.25, 0.3) is 17.4 Å². The molecule has 0 fully saturated rings. The summed E-state index contributed by atoms with van der Waals surface area (Å²) in [6.07, 6.45) is 1.01.